The SMILES string of the molecule is Cc1cc(C(F)(F)F)n(CC2CC3(C2)CN(C(=O)N2CC[C@@H]4OCC(=O)N[C@@H]4C2)C3)n1. The van der Waals surface area contributed by atoms with Crippen LogP contribution in [0, 0.1) is 18.3 Å². The lowest BCUT2D eigenvalue weighted by molar-refractivity contribution is -0.146. The smallest absolute Gasteiger partial charge is 0.366 e. The second kappa shape index (κ2) is 7.11. The molecule has 3 amide bonds. The van der Waals surface area contributed by atoms with Gasteiger partial charge in [0.1, 0.15) is 12.3 Å². The highest BCUT2D eigenvalue weighted by Gasteiger charge is 2.54. The number of amides is 3. The average Bonchev–Trinajstić information content (AvgIpc) is 3.02. The molecule has 5 rings (SSSR count). The van der Waals surface area contributed by atoms with E-state index in [9.17, 15) is 22.8 Å². The zero-order chi connectivity index (χ0) is 22.0. The zero-order valence-corrected chi connectivity index (χ0v) is 17.3. The molecule has 1 aliphatic carbocycles. The Hall–Kier alpha value is -2.30. The van der Waals surface area contributed by atoms with E-state index in [1.54, 1.807) is 16.7 Å². The summed E-state index contributed by atoms with van der Waals surface area (Å²) in [4.78, 5) is 28.0. The van der Waals surface area contributed by atoms with Gasteiger partial charge in [0.15, 0.2) is 0 Å². The summed E-state index contributed by atoms with van der Waals surface area (Å²) in [7, 11) is 0. The van der Waals surface area contributed by atoms with E-state index in [-0.39, 0.29) is 48.6 Å². The number of aryl methyl sites for hydroxylation is 1. The molecule has 4 aliphatic rings. The average molecular weight is 441 g/mol. The highest BCUT2D eigenvalue weighted by atomic mass is 19.4. The minimum atomic E-state index is -4.40. The van der Waals surface area contributed by atoms with Crippen molar-refractivity contribution < 1.29 is 27.5 Å². The Morgan fingerprint density at radius 1 is 1.32 bits per heavy atom. The van der Waals surface area contributed by atoms with Gasteiger partial charge < -0.3 is 19.9 Å². The van der Waals surface area contributed by atoms with E-state index in [1.807, 2.05) is 0 Å². The summed E-state index contributed by atoms with van der Waals surface area (Å²) in [6.45, 7) is 4.22. The Balaban J connectivity index is 1.11. The molecule has 4 heterocycles. The number of morpholine rings is 1. The Kier molecular flexibility index (Phi) is 4.72. The third-order valence-corrected chi connectivity index (χ3v) is 6.98. The Bertz CT molecular complexity index is 887. The molecule has 3 saturated heterocycles. The minimum Gasteiger partial charge on any atom is -0.366 e. The third kappa shape index (κ3) is 3.77. The summed E-state index contributed by atoms with van der Waals surface area (Å²) in [6, 6.07) is 0.887. The lowest BCUT2D eigenvalue weighted by Gasteiger charge is -2.60. The van der Waals surface area contributed by atoms with Crippen LogP contribution in [0.25, 0.3) is 0 Å². The number of fused-ring (bicyclic) bond motifs is 1. The lowest BCUT2D eigenvalue weighted by atomic mass is 9.58. The largest absolute Gasteiger partial charge is 0.433 e. The number of likely N-dealkylation sites (tertiary alicyclic amines) is 2. The highest BCUT2D eigenvalue weighted by molar-refractivity contribution is 5.79. The van der Waals surface area contributed by atoms with Gasteiger partial charge >= 0.3 is 12.2 Å². The fraction of sp³-hybridized carbons (Fsp3) is 0.750. The topological polar surface area (TPSA) is 79.7 Å². The predicted molar refractivity (Wildman–Crippen MR) is 102 cm³/mol. The molecule has 2 atom stereocenters. The molecule has 0 unspecified atom stereocenters. The van der Waals surface area contributed by atoms with Crippen molar-refractivity contribution in [3.63, 3.8) is 0 Å². The van der Waals surface area contributed by atoms with Crippen LogP contribution < -0.4 is 5.32 Å². The van der Waals surface area contributed by atoms with Gasteiger partial charge in [0.25, 0.3) is 0 Å². The number of carbonyl (C=O) groups excluding carboxylic acids is 2. The van der Waals surface area contributed by atoms with Crippen LogP contribution in [0.5, 0.6) is 0 Å². The molecule has 0 aromatic carbocycles. The van der Waals surface area contributed by atoms with Crippen LogP contribution in [0.3, 0.4) is 0 Å². The number of hydrogen-bond donors (Lipinski definition) is 1. The normalized spacial score (nSPS) is 28.1. The van der Waals surface area contributed by atoms with Gasteiger partial charge in [0.2, 0.25) is 5.91 Å². The monoisotopic (exact) mass is 441 g/mol. The molecule has 11 heteroatoms. The van der Waals surface area contributed by atoms with Gasteiger partial charge in [-0.15, -0.1) is 0 Å². The first-order valence-corrected chi connectivity index (χ1v) is 10.7. The van der Waals surface area contributed by atoms with Crippen molar-refractivity contribution in [3.8, 4) is 0 Å². The predicted octanol–water partition coefficient (Wildman–Crippen LogP) is 1.63. The fourth-order valence-corrected chi connectivity index (χ4v) is 5.68. The van der Waals surface area contributed by atoms with Gasteiger partial charge in [0, 0.05) is 38.1 Å². The number of alkyl halides is 3. The first-order valence-electron chi connectivity index (χ1n) is 10.7. The van der Waals surface area contributed by atoms with Crippen LogP contribution >= 0.6 is 0 Å². The second-order valence-electron chi connectivity index (χ2n) is 9.52. The molecular weight excluding hydrogens is 415 g/mol. The van der Waals surface area contributed by atoms with E-state index in [1.165, 1.54) is 0 Å². The number of urea groups is 1. The number of aromatic nitrogens is 2. The summed E-state index contributed by atoms with van der Waals surface area (Å²) in [6.07, 6.45) is -2.13. The van der Waals surface area contributed by atoms with E-state index in [2.05, 4.69) is 10.4 Å². The molecule has 1 N–H and O–H groups in total. The Morgan fingerprint density at radius 2 is 2.06 bits per heavy atom. The minimum absolute atomic E-state index is 0.0292. The molecule has 31 heavy (non-hydrogen) atoms. The summed E-state index contributed by atoms with van der Waals surface area (Å²) in [5.74, 6) is -0.0111. The molecule has 0 radical (unpaired) electrons. The highest BCUT2D eigenvalue weighted by Crippen LogP contribution is 2.52. The van der Waals surface area contributed by atoms with Crippen LogP contribution in [0.1, 0.15) is 30.7 Å². The maximum atomic E-state index is 13.2. The fourth-order valence-electron chi connectivity index (χ4n) is 5.68. The lowest BCUT2D eigenvalue weighted by Crippen LogP contribution is -2.68. The van der Waals surface area contributed by atoms with E-state index in [0.717, 1.165) is 23.6 Å². The van der Waals surface area contributed by atoms with Crippen LogP contribution in [0.4, 0.5) is 18.0 Å². The van der Waals surface area contributed by atoms with Gasteiger partial charge in [-0.3, -0.25) is 9.48 Å². The summed E-state index contributed by atoms with van der Waals surface area (Å²) >= 11 is 0. The van der Waals surface area contributed by atoms with Gasteiger partial charge in [-0.1, -0.05) is 0 Å². The number of halogens is 3. The zero-order valence-electron chi connectivity index (χ0n) is 17.3. The molecule has 1 aromatic heterocycles. The van der Waals surface area contributed by atoms with Crippen molar-refractivity contribution in [2.45, 2.75) is 51.1 Å². The van der Waals surface area contributed by atoms with Crippen molar-refractivity contribution in [1.29, 1.82) is 0 Å². The number of hydrogen-bond acceptors (Lipinski definition) is 4. The summed E-state index contributed by atoms with van der Waals surface area (Å²) < 4.78 is 46.1. The summed E-state index contributed by atoms with van der Waals surface area (Å²) in [5.41, 5.74) is -0.301. The van der Waals surface area contributed by atoms with E-state index >= 15 is 0 Å². The van der Waals surface area contributed by atoms with Gasteiger partial charge in [-0.2, -0.15) is 18.3 Å². The van der Waals surface area contributed by atoms with Crippen molar-refractivity contribution in [3.05, 3.63) is 17.5 Å². The molecule has 8 nitrogen and oxygen atoms in total. The van der Waals surface area contributed by atoms with Crippen molar-refractivity contribution in [1.82, 2.24) is 24.9 Å². The maximum Gasteiger partial charge on any atom is 0.433 e. The molecule has 1 spiro atoms. The first-order chi connectivity index (χ1) is 14.6. The van der Waals surface area contributed by atoms with Crippen molar-refractivity contribution >= 4 is 11.9 Å². The quantitative estimate of drug-likeness (QED) is 0.757. The van der Waals surface area contributed by atoms with Crippen molar-refractivity contribution in [2.24, 2.45) is 11.3 Å². The molecule has 4 fully saturated rings. The van der Waals surface area contributed by atoms with Crippen LogP contribution in [0.2, 0.25) is 0 Å². The van der Waals surface area contributed by atoms with E-state index in [4.69, 9.17) is 4.74 Å². The molecule has 0 bridgehead atoms. The Labute approximate surface area is 177 Å². The Morgan fingerprint density at radius 3 is 2.77 bits per heavy atom. The molecule has 1 saturated carbocycles. The van der Waals surface area contributed by atoms with Crippen LogP contribution in [-0.4, -0.2) is 76.5 Å². The third-order valence-electron chi connectivity index (χ3n) is 6.98. The van der Waals surface area contributed by atoms with Crippen LogP contribution in [0.15, 0.2) is 6.07 Å². The first kappa shape index (κ1) is 20.6. The molecule has 170 valence electrons. The number of ether oxygens (including phenoxy) is 1. The number of nitrogens with one attached hydrogen (secondary N) is 1. The number of piperidine rings is 1. The van der Waals surface area contributed by atoms with E-state index in [0.29, 0.717) is 38.3 Å². The summed E-state index contributed by atoms with van der Waals surface area (Å²) in [5, 5.41) is 6.92. The van der Waals surface area contributed by atoms with E-state index < -0.39 is 11.9 Å². The standard InChI is InChI=1S/C20H26F3N5O3/c1-12-4-16(20(21,22)23)28(25-12)7-13-5-19(6-13)10-27(11-19)18(30)26-3-2-15-14(8-26)24-17(29)9-31-15/h4,13-15H,2-3,5-11H2,1H3,(H,24,29)/t14-,15+/m1/s1. The molecular formula is C20H26F3N5O3. The van der Waals surface area contributed by atoms with Gasteiger partial charge in [-0.05, 0) is 38.2 Å². The number of nitrogens with zero attached hydrogens (tertiary/aromatic N) is 4. The van der Waals surface area contributed by atoms with Crippen LogP contribution in [-0.2, 0) is 22.3 Å². The van der Waals surface area contributed by atoms with Gasteiger partial charge in [0.05, 0.1) is 17.8 Å². The number of carbonyl (C=O) groups is 2. The molecule has 1 aromatic rings. The molecule has 3 aliphatic heterocycles. The maximum absolute atomic E-state index is 13.2. The van der Waals surface area contributed by atoms with Crippen molar-refractivity contribution in [2.75, 3.05) is 32.8 Å². The second-order valence-corrected chi connectivity index (χ2v) is 9.52. The number of rotatable bonds is 2. The van der Waals surface area contributed by atoms with Gasteiger partial charge in [-0.25, -0.2) is 4.79 Å².